The minimum absolute atomic E-state index is 0.486. The molecule has 1 unspecified atom stereocenters. The average Bonchev–Trinajstić information content (AvgIpc) is 2.46. The normalized spacial score (nSPS) is 12.2. The molecule has 0 fully saturated rings. The van der Waals surface area contributed by atoms with E-state index in [9.17, 15) is 0 Å². The molecule has 2 rings (SSSR count). The summed E-state index contributed by atoms with van der Waals surface area (Å²) in [5.41, 5.74) is 2.25. The summed E-state index contributed by atoms with van der Waals surface area (Å²) < 4.78 is 6.95. The van der Waals surface area contributed by atoms with Gasteiger partial charge in [0, 0.05) is 15.1 Å². The molecule has 0 radical (unpaired) electrons. The van der Waals surface area contributed by atoms with Crippen LogP contribution in [0.25, 0.3) is 0 Å². The van der Waals surface area contributed by atoms with E-state index in [1.807, 2.05) is 30.3 Å². The van der Waals surface area contributed by atoms with E-state index in [0.29, 0.717) is 12.5 Å². The summed E-state index contributed by atoms with van der Waals surface area (Å²) in [6, 6.07) is 14.1. The second-order valence-corrected chi connectivity index (χ2v) is 6.19. The van der Waals surface area contributed by atoms with Gasteiger partial charge in [0.15, 0.2) is 0 Å². The molecule has 3 heteroatoms. The van der Waals surface area contributed by atoms with Gasteiger partial charge >= 0.3 is 0 Å². The Morgan fingerprint density at radius 3 is 2.65 bits per heavy atom. The largest absolute Gasteiger partial charge is 0.489 e. The molecule has 0 saturated carbocycles. The van der Waals surface area contributed by atoms with Crippen molar-refractivity contribution in [2.24, 2.45) is 0 Å². The fourth-order valence-electron chi connectivity index (χ4n) is 2.03. The maximum atomic E-state index is 6.22. The standard InChI is InChI=1S/C17H18BrClO/c1-3-12(2)15-6-4-5-7-17(15)20-11-13-8-9-14(18)10-16(13)19/h4-10,12H,3,11H2,1-2H3. The minimum Gasteiger partial charge on any atom is -0.489 e. The number of halogens is 2. The van der Waals surface area contributed by atoms with Gasteiger partial charge in [-0.15, -0.1) is 0 Å². The fourth-order valence-corrected chi connectivity index (χ4v) is 2.76. The van der Waals surface area contributed by atoms with Crippen LogP contribution < -0.4 is 4.74 Å². The molecule has 1 atom stereocenters. The second-order valence-electron chi connectivity index (χ2n) is 4.87. The molecule has 106 valence electrons. The summed E-state index contributed by atoms with van der Waals surface area (Å²) in [6.45, 7) is 4.89. The molecule has 2 aromatic carbocycles. The molecule has 20 heavy (non-hydrogen) atoms. The highest BCUT2D eigenvalue weighted by Crippen LogP contribution is 2.30. The Kier molecular flexibility index (Phi) is 5.50. The lowest BCUT2D eigenvalue weighted by Crippen LogP contribution is -2.01. The predicted octanol–water partition coefficient (Wildman–Crippen LogP) is 6.20. The Bertz CT molecular complexity index is 583. The molecular formula is C17H18BrClO. The summed E-state index contributed by atoms with van der Waals surface area (Å²) in [4.78, 5) is 0. The molecule has 0 bridgehead atoms. The zero-order valence-corrected chi connectivity index (χ0v) is 14.0. The Labute approximate surface area is 134 Å². The van der Waals surface area contributed by atoms with Crippen molar-refractivity contribution in [3.05, 3.63) is 63.1 Å². The first-order chi connectivity index (χ1) is 9.61. The van der Waals surface area contributed by atoms with E-state index in [4.69, 9.17) is 16.3 Å². The second kappa shape index (κ2) is 7.14. The minimum atomic E-state index is 0.486. The van der Waals surface area contributed by atoms with Gasteiger partial charge in [-0.05, 0) is 36.1 Å². The van der Waals surface area contributed by atoms with E-state index in [1.165, 1.54) is 5.56 Å². The van der Waals surface area contributed by atoms with Gasteiger partial charge in [0.1, 0.15) is 12.4 Å². The van der Waals surface area contributed by atoms with E-state index < -0.39 is 0 Å². The van der Waals surface area contributed by atoms with Gasteiger partial charge in [-0.3, -0.25) is 0 Å². The van der Waals surface area contributed by atoms with E-state index >= 15 is 0 Å². The molecule has 0 aliphatic rings. The molecule has 0 heterocycles. The SMILES string of the molecule is CCC(C)c1ccccc1OCc1ccc(Br)cc1Cl. The van der Waals surface area contributed by atoms with Gasteiger partial charge in [0.25, 0.3) is 0 Å². The van der Waals surface area contributed by atoms with Crippen LogP contribution in [0.2, 0.25) is 5.02 Å². The van der Waals surface area contributed by atoms with Gasteiger partial charge in [0.05, 0.1) is 0 Å². The predicted molar refractivity (Wildman–Crippen MR) is 88.6 cm³/mol. The van der Waals surface area contributed by atoms with Crippen LogP contribution in [0, 0.1) is 0 Å². The first-order valence-electron chi connectivity index (χ1n) is 6.77. The smallest absolute Gasteiger partial charge is 0.123 e. The quantitative estimate of drug-likeness (QED) is 0.622. The van der Waals surface area contributed by atoms with Crippen LogP contribution in [-0.4, -0.2) is 0 Å². The molecule has 0 spiro atoms. The molecule has 2 aromatic rings. The number of ether oxygens (including phenoxy) is 1. The van der Waals surface area contributed by atoms with Gasteiger partial charge in [-0.2, -0.15) is 0 Å². The summed E-state index contributed by atoms with van der Waals surface area (Å²) in [6.07, 6.45) is 1.10. The highest BCUT2D eigenvalue weighted by Gasteiger charge is 2.10. The van der Waals surface area contributed by atoms with Crippen LogP contribution in [0.3, 0.4) is 0 Å². The summed E-state index contributed by atoms with van der Waals surface area (Å²) in [5.74, 6) is 1.44. The first kappa shape index (κ1) is 15.4. The van der Waals surface area contributed by atoms with Gasteiger partial charge < -0.3 is 4.74 Å². The maximum Gasteiger partial charge on any atom is 0.123 e. The molecule has 0 saturated heterocycles. The third-order valence-corrected chi connectivity index (χ3v) is 4.31. The molecule has 0 amide bonds. The molecule has 0 aliphatic heterocycles. The van der Waals surface area contributed by atoms with Crippen LogP contribution in [0.1, 0.15) is 37.3 Å². The van der Waals surface area contributed by atoms with E-state index in [0.717, 1.165) is 27.2 Å². The molecule has 0 aromatic heterocycles. The van der Waals surface area contributed by atoms with Crippen molar-refractivity contribution in [1.29, 1.82) is 0 Å². The van der Waals surface area contributed by atoms with Crippen molar-refractivity contribution in [3.63, 3.8) is 0 Å². The van der Waals surface area contributed by atoms with Crippen molar-refractivity contribution in [2.75, 3.05) is 0 Å². The highest BCUT2D eigenvalue weighted by atomic mass is 79.9. The molecule has 0 N–H and O–H groups in total. The molecular weight excluding hydrogens is 336 g/mol. The summed E-state index contributed by atoms with van der Waals surface area (Å²) in [5, 5.41) is 0.723. The Balaban J connectivity index is 2.15. The lowest BCUT2D eigenvalue weighted by Gasteiger charge is -2.16. The third kappa shape index (κ3) is 3.77. The van der Waals surface area contributed by atoms with Crippen molar-refractivity contribution in [2.45, 2.75) is 32.8 Å². The lowest BCUT2D eigenvalue weighted by atomic mass is 9.98. The molecule has 0 aliphatic carbocycles. The zero-order valence-electron chi connectivity index (χ0n) is 11.7. The number of para-hydroxylation sites is 1. The molecule has 1 nitrogen and oxygen atoms in total. The summed E-state index contributed by atoms with van der Waals surface area (Å²) >= 11 is 9.62. The monoisotopic (exact) mass is 352 g/mol. The Morgan fingerprint density at radius 2 is 1.95 bits per heavy atom. The van der Waals surface area contributed by atoms with Crippen LogP contribution in [0.5, 0.6) is 5.75 Å². The Morgan fingerprint density at radius 1 is 1.20 bits per heavy atom. The highest BCUT2D eigenvalue weighted by molar-refractivity contribution is 9.10. The van der Waals surface area contributed by atoms with E-state index in [2.05, 4.69) is 41.9 Å². The van der Waals surface area contributed by atoms with Crippen molar-refractivity contribution in [1.82, 2.24) is 0 Å². The fraction of sp³-hybridized carbons (Fsp3) is 0.294. The Hall–Kier alpha value is -0.990. The van der Waals surface area contributed by atoms with E-state index in [-0.39, 0.29) is 0 Å². The number of hydrogen-bond acceptors (Lipinski definition) is 1. The van der Waals surface area contributed by atoms with Crippen molar-refractivity contribution in [3.8, 4) is 5.75 Å². The number of rotatable bonds is 5. The third-order valence-electron chi connectivity index (χ3n) is 3.46. The number of benzene rings is 2. The van der Waals surface area contributed by atoms with Gasteiger partial charge in [0.2, 0.25) is 0 Å². The first-order valence-corrected chi connectivity index (χ1v) is 7.94. The van der Waals surface area contributed by atoms with Gasteiger partial charge in [-0.25, -0.2) is 0 Å². The summed E-state index contributed by atoms with van der Waals surface area (Å²) in [7, 11) is 0. The van der Waals surface area contributed by atoms with Crippen molar-refractivity contribution < 1.29 is 4.74 Å². The van der Waals surface area contributed by atoms with Crippen LogP contribution in [0.4, 0.5) is 0 Å². The van der Waals surface area contributed by atoms with E-state index in [1.54, 1.807) is 0 Å². The van der Waals surface area contributed by atoms with Crippen LogP contribution in [-0.2, 0) is 6.61 Å². The lowest BCUT2D eigenvalue weighted by molar-refractivity contribution is 0.301. The van der Waals surface area contributed by atoms with Crippen molar-refractivity contribution >= 4 is 27.5 Å². The average molecular weight is 354 g/mol. The van der Waals surface area contributed by atoms with Gasteiger partial charge in [-0.1, -0.05) is 65.6 Å². The number of hydrogen-bond donors (Lipinski definition) is 0. The van der Waals surface area contributed by atoms with Crippen LogP contribution in [0.15, 0.2) is 46.9 Å². The van der Waals surface area contributed by atoms with Crippen LogP contribution >= 0.6 is 27.5 Å². The topological polar surface area (TPSA) is 9.23 Å². The zero-order chi connectivity index (χ0) is 14.5. The maximum absolute atomic E-state index is 6.22.